The van der Waals surface area contributed by atoms with Crippen LogP contribution in [0, 0.1) is 0 Å². The maximum Gasteiger partial charge on any atom is 4.00 e. The van der Waals surface area contributed by atoms with Gasteiger partial charge in [-0.25, -0.2) is 0 Å². The SMILES string of the molecule is CC(C)(C)c1ccc(-c2cccc3[cH-]c(-c4ccc(-c5ccccc5)s4)cc23)cc1.CC(C)(C)c1ccc(-c2cccc3[cH-]c(-c4ccc(-c5ccccc5)s4)cc23)cc1.[Cl-].[Cl-].[Ti+4]. The van der Waals surface area contributed by atoms with E-state index in [1.165, 1.54) is 96.7 Å². The maximum absolute atomic E-state index is 2.35. The Bertz CT molecular complexity index is 2810. The van der Waals surface area contributed by atoms with Gasteiger partial charge in [-0.05, 0) is 54.0 Å². The zero-order valence-corrected chi connectivity index (χ0v) is 41.3. The summed E-state index contributed by atoms with van der Waals surface area (Å²) in [6.45, 7) is 13.6. The molecule has 10 rings (SSSR count). The minimum atomic E-state index is 0. The fourth-order valence-electron chi connectivity index (χ4n) is 8.06. The van der Waals surface area contributed by atoms with E-state index in [0.717, 1.165) is 0 Å². The average Bonchev–Trinajstić information content (AvgIpc) is 4.10. The summed E-state index contributed by atoms with van der Waals surface area (Å²) in [6.07, 6.45) is 0. The molecule has 0 N–H and O–H groups in total. The van der Waals surface area contributed by atoms with Crippen LogP contribution in [-0.2, 0) is 32.5 Å². The summed E-state index contributed by atoms with van der Waals surface area (Å²) < 4.78 is 0. The number of thiophene rings is 2. The van der Waals surface area contributed by atoms with E-state index in [9.17, 15) is 0 Å². The second-order valence-corrected chi connectivity index (χ2v) is 20.0. The first kappa shape index (κ1) is 47.7. The molecule has 0 nitrogen and oxygen atoms in total. The largest absolute Gasteiger partial charge is 4.00 e. The molecule has 10 aromatic rings. The topological polar surface area (TPSA) is 0 Å². The third kappa shape index (κ3) is 10.5. The molecular weight excluding hydrogens is 880 g/mol. The zero-order valence-electron chi connectivity index (χ0n) is 36.5. The van der Waals surface area contributed by atoms with Crippen molar-refractivity contribution in [3.8, 4) is 64.0 Å². The van der Waals surface area contributed by atoms with Crippen LogP contribution >= 0.6 is 22.7 Å². The molecule has 0 spiro atoms. The summed E-state index contributed by atoms with van der Waals surface area (Å²) in [7, 11) is 0. The van der Waals surface area contributed by atoms with Gasteiger partial charge in [0.1, 0.15) is 0 Å². The molecule has 0 bridgehead atoms. The van der Waals surface area contributed by atoms with E-state index >= 15 is 0 Å². The molecule has 2 heterocycles. The van der Waals surface area contributed by atoms with E-state index < -0.39 is 0 Å². The molecule has 63 heavy (non-hydrogen) atoms. The molecule has 0 saturated heterocycles. The van der Waals surface area contributed by atoms with Crippen molar-refractivity contribution in [1.82, 2.24) is 0 Å². The van der Waals surface area contributed by atoms with Gasteiger partial charge in [0, 0.05) is 9.75 Å². The average molecular weight is 930 g/mol. The van der Waals surface area contributed by atoms with Crippen LogP contribution in [0.1, 0.15) is 52.7 Å². The summed E-state index contributed by atoms with van der Waals surface area (Å²) in [4.78, 5) is 5.26. The number of rotatable bonds is 6. The molecule has 0 fully saturated rings. The molecule has 0 amide bonds. The van der Waals surface area contributed by atoms with Gasteiger partial charge in [0.15, 0.2) is 0 Å². The number of halogens is 2. The number of hydrogen-bond donors (Lipinski definition) is 0. The molecule has 0 radical (unpaired) electrons. The van der Waals surface area contributed by atoms with Crippen molar-refractivity contribution in [2.24, 2.45) is 0 Å². The Morgan fingerprint density at radius 1 is 0.349 bits per heavy atom. The van der Waals surface area contributed by atoms with E-state index in [0.29, 0.717) is 0 Å². The van der Waals surface area contributed by atoms with Gasteiger partial charge < -0.3 is 24.8 Å². The van der Waals surface area contributed by atoms with Crippen LogP contribution in [0.3, 0.4) is 0 Å². The van der Waals surface area contributed by atoms with Gasteiger partial charge in [-0.3, -0.25) is 0 Å². The summed E-state index contributed by atoms with van der Waals surface area (Å²) >= 11 is 3.72. The van der Waals surface area contributed by atoms with Crippen molar-refractivity contribution >= 4 is 44.2 Å². The third-order valence-electron chi connectivity index (χ3n) is 11.5. The Morgan fingerprint density at radius 3 is 1.05 bits per heavy atom. The van der Waals surface area contributed by atoms with Crippen molar-refractivity contribution in [3.63, 3.8) is 0 Å². The van der Waals surface area contributed by atoms with Crippen molar-refractivity contribution in [2.45, 2.75) is 52.4 Å². The fourth-order valence-corrected chi connectivity index (χ4v) is 10.1. The molecule has 0 unspecified atom stereocenters. The Labute approximate surface area is 409 Å². The number of benzene rings is 6. The Kier molecular flexibility index (Phi) is 15.1. The molecule has 0 saturated carbocycles. The Balaban J connectivity index is 0.000000200. The van der Waals surface area contributed by atoms with Crippen LogP contribution in [0.25, 0.3) is 85.6 Å². The van der Waals surface area contributed by atoms with Gasteiger partial charge in [-0.15, -0.1) is 69.1 Å². The van der Waals surface area contributed by atoms with E-state index in [4.69, 9.17) is 0 Å². The first-order valence-corrected chi connectivity index (χ1v) is 22.5. The van der Waals surface area contributed by atoms with Crippen LogP contribution in [-0.4, -0.2) is 0 Å². The second kappa shape index (κ2) is 20.0. The Morgan fingerprint density at radius 2 is 0.698 bits per heavy atom. The van der Waals surface area contributed by atoms with E-state index in [2.05, 4.69) is 236 Å². The molecule has 2 aromatic heterocycles. The predicted molar refractivity (Wildman–Crippen MR) is 265 cm³/mol. The normalized spacial score (nSPS) is 11.3. The van der Waals surface area contributed by atoms with Crippen LogP contribution in [0.15, 0.2) is 194 Å². The first-order chi connectivity index (χ1) is 29.0. The summed E-state index contributed by atoms with van der Waals surface area (Å²) in [5.74, 6) is 0. The summed E-state index contributed by atoms with van der Waals surface area (Å²) in [5.41, 5.74) is 13.4. The first-order valence-electron chi connectivity index (χ1n) is 20.9. The van der Waals surface area contributed by atoms with Crippen LogP contribution in [0.5, 0.6) is 0 Å². The van der Waals surface area contributed by atoms with Crippen LogP contribution in [0.4, 0.5) is 0 Å². The van der Waals surface area contributed by atoms with Gasteiger partial charge >= 0.3 is 21.7 Å². The minimum Gasteiger partial charge on any atom is -1.00 e. The molecular formula is C58H50Cl2S2Ti. The van der Waals surface area contributed by atoms with Crippen molar-refractivity contribution in [1.29, 1.82) is 0 Å². The van der Waals surface area contributed by atoms with E-state index in [1.807, 2.05) is 22.7 Å². The van der Waals surface area contributed by atoms with Gasteiger partial charge in [0.25, 0.3) is 0 Å². The van der Waals surface area contributed by atoms with E-state index in [-0.39, 0.29) is 57.4 Å². The quantitative estimate of drug-likeness (QED) is 0.115. The Hall–Kier alpha value is -4.77. The van der Waals surface area contributed by atoms with Crippen LogP contribution in [0.2, 0.25) is 0 Å². The molecule has 0 aliphatic heterocycles. The maximum atomic E-state index is 2.35. The number of fused-ring (bicyclic) bond motifs is 2. The van der Waals surface area contributed by atoms with E-state index in [1.54, 1.807) is 0 Å². The monoisotopic (exact) mass is 928 g/mol. The fraction of sp³-hybridized carbons (Fsp3) is 0.138. The van der Waals surface area contributed by atoms with Crippen LogP contribution < -0.4 is 24.8 Å². The van der Waals surface area contributed by atoms with Crippen molar-refractivity contribution < 1.29 is 46.5 Å². The molecule has 0 atom stereocenters. The van der Waals surface area contributed by atoms with Gasteiger partial charge in [-0.1, -0.05) is 210 Å². The number of hydrogen-bond acceptors (Lipinski definition) is 2. The smallest absolute Gasteiger partial charge is 1.00 e. The summed E-state index contributed by atoms with van der Waals surface area (Å²) in [5, 5.41) is 5.26. The minimum absolute atomic E-state index is 0. The van der Waals surface area contributed by atoms with Gasteiger partial charge in [-0.2, -0.15) is 22.7 Å². The summed E-state index contributed by atoms with van der Waals surface area (Å²) in [6, 6.07) is 70.9. The second-order valence-electron chi connectivity index (χ2n) is 17.8. The molecule has 0 aliphatic carbocycles. The van der Waals surface area contributed by atoms with Gasteiger partial charge in [0.2, 0.25) is 0 Å². The van der Waals surface area contributed by atoms with Gasteiger partial charge in [0.05, 0.1) is 0 Å². The third-order valence-corrected chi connectivity index (χ3v) is 13.9. The standard InChI is InChI=1S/2C29H25S.2ClH.Ti/c2*1-29(2,3)24-14-12-20(13-15-24)25-11-7-10-22-18-23(19-26(22)25)28-17-16-27(30-28)21-8-5-4-6-9-21;;;/h2*4-19H,1-3H3;2*1H;/q2*-1;;;+4/p-2. The van der Waals surface area contributed by atoms with Crippen molar-refractivity contribution in [2.75, 3.05) is 0 Å². The predicted octanol–water partition coefficient (Wildman–Crippen LogP) is 11.8. The molecule has 8 aromatic carbocycles. The molecule has 312 valence electrons. The van der Waals surface area contributed by atoms with Crippen molar-refractivity contribution in [3.05, 3.63) is 205 Å². The molecule has 5 heteroatoms. The molecule has 0 aliphatic rings. The zero-order chi connectivity index (χ0) is 41.4.